The predicted octanol–water partition coefficient (Wildman–Crippen LogP) is -0.271. The van der Waals surface area contributed by atoms with Gasteiger partial charge in [0.25, 0.3) is 5.56 Å². The molecule has 3 heterocycles. The molecule has 3 atom stereocenters. The number of H-pyrrole nitrogens is 2. The molecule has 1 aliphatic heterocycles. The van der Waals surface area contributed by atoms with Gasteiger partial charge in [0.2, 0.25) is 0 Å². The van der Waals surface area contributed by atoms with Gasteiger partial charge in [-0.3, -0.25) is 14.3 Å². The van der Waals surface area contributed by atoms with Crippen LogP contribution in [0.15, 0.2) is 34.0 Å². The van der Waals surface area contributed by atoms with Gasteiger partial charge in [-0.2, -0.15) is 0 Å². The molecule has 3 unspecified atom stereocenters. The Hall–Kier alpha value is -2.95. The van der Waals surface area contributed by atoms with Crippen molar-refractivity contribution in [2.75, 3.05) is 13.7 Å². The lowest BCUT2D eigenvalue weighted by atomic mass is 10.2. The number of hydrogen-bond donors (Lipinski definition) is 4. The van der Waals surface area contributed by atoms with Gasteiger partial charge in [0, 0.05) is 18.7 Å². The zero-order valence-electron chi connectivity index (χ0n) is 14.4. The van der Waals surface area contributed by atoms with Crippen molar-refractivity contribution in [2.45, 2.75) is 24.9 Å². The Labute approximate surface area is 152 Å². The molecule has 0 spiro atoms. The maximum atomic E-state index is 12.3. The number of aliphatic hydroxyl groups is 2. The van der Waals surface area contributed by atoms with Crippen LogP contribution >= 0.6 is 0 Å². The second-order valence-corrected chi connectivity index (χ2v) is 6.29. The summed E-state index contributed by atoms with van der Waals surface area (Å²) >= 11 is 0. The Morgan fingerprint density at radius 3 is 2.89 bits per heavy atom. The fraction of sp³-hybridized carbons (Fsp3) is 0.353. The Kier molecular flexibility index (Phi) is 4.30. The Bertz CT molecular complexity index is 1100. The second-order valence-electron chi connectivity index (χ2n) is 6.29. The molecule has 0 amide bonds. The SMILES string of the molecule is COc1ccc2nc(-c3cn(C4CC(O)C(CO)O4)c(=O)[nH]c3=O)[nH]c2c1. The monoisotopic (exact) mass is 374 g/mol. The molecule has 4 rings (SSSR count). The van der Waals surface area contributed by atoms with Crippen molar-refractivity contribution >= 4 is 11.0 Å². The molecule has 0 saturated carbocycles. The van der Waals surface area contributed by atoms with Crippen molar-refractivity contribution in [3.8, 4) is 17.1 Å². The maximum Gasteiger partial charge on any atom is 0.330 e. The minimum absolute atomic E-state index is 0.119. The van der Waals surface area contributed by atoms with E-state index in [-0.39, 0.29) is 24.4 Å². The first-order valence-electron chi connectivity index (χ1n) is 8.34. The van der Waals surface area contributed by atoms with Crippen LogP contribution in [0.2, 0.25) is 0 Å². The molecule has 0 bridgehead atoms. The summed E-state index contributed by atoms with van der Waals surface area (Å²) < 4.78 is 11.9. The number of ether oxygens (including phenoxy) is 2. The van der Waals surface area contributed by atoms with Gasteiger partial charge in [-0.05, 0) is 12.1 Å². The summed E-state index contributed by atoms with van der Waals surface area (Å²) in [6, 6.07) is 5.25. The number of imidazole rings is 1. The van der Waals surface area contributed by atoms with Gasteiger partial charge in [0.15, 0.2) is 0 Å². The zero-order valence-corrected chi connectivity index (χ0v) is 14.4. The summed E-state index contributed by atoms with van der Waals surface area (Å²) in [5.74, 6) is 0.922. The number of aromatic nitrogens is 4. The number of hydrogen-bond acceptors (Lipinski definition) is 7. The maximum absolute atomic E-state index is 12.3. The number of aromatic amines is 2. The van der Waals surface area contributed by atoms with E-state index in [9.17, 15) is 19.8 Å². The van der Waals surface area contributed by atoms with Crippen molar-refractivity contribution < 1.29 is 19.7 Å². The van der Waals surface area contributed by atoms with Crippen LogP contribution in [0.1, 0.15) is 12.6 Å². The highest BCUT2D eigenvalue weighted by atomic mass is 16.5. The fourth-order valence-corrected chi connectivity index (χ4v) is 3.16. The Balaban J connectivity index is 1.78. The topological polar surface area (TPSA) is 142 Å². The number of fused-ring (bicyclic) bond motifs is 1. The van der Waals surface area contributed by atoms with E-state index >= 15 is 0 Å². The van der Waals surface area contributed by atoms with E-state index in [1.807, 2.05) is 0 Å². The van der Waals surface area contributed by atoms with E-state index in [1.165, 1.54) is 10.8 Å². The van der Waals surface area contributed by atoms with Crippen LogP contribution in [0.3, 0.4) is 0 Å². The van der Waals surface area contributed by atoms with Crippen LogP contribution in [0.5, 0.6) is 5.75 Å². The number of nitrogens with zero attached hydrogens (tertiary/aromatic N) is 2. The van der Waals surface area contributed by atoms with Gasteiger partial charge in [0.1, 0.15) is 23.9 Å². The minimum Gasteiger partial charge on any atom is -0.497 e. The third-order valence-electron chi connectivity index (χ3n) is 4.61. The molecule has 27 heavy (non-hydrogen) atoms. The highest BCUT2D eigenvalue weighted by Gasteiger charge is 2.35. The lowest BCUT2D eigenvalue weighted by Crippen LogP contribution is -2.33. The van der Waals surface area contributed by atoms with E-state index in [0.29, 0.717) is 16.8 Å². The van der Waals surface area contributed by atoms with E-state index < -0.39 is 29.7 Å². The summed E-state index contributed by atoms with van der Waals surface area (Å²) in [4.78, 5) is 34.2. The predicted molar refractivity (Wildman–Crippen MR) is 94.6 cm³/mol. The third-order valence-corrected chi connectivity index (χ3v) is 4.61. The molecule has 1 saturated heterocycles. The van der Waals surface area contributed by atoms with Gasteiger partial charge in [0.05, 0.1) is 36.4 Å². The van der Waals surface area contributed by atoms with Crippen molar-refractivity contribution in [1.82, 2.24) is 19.5 Å². The van der Waals surface area contributed by atoms with Gasteiger partial charge in [-0.25, -0.2) is 9.78 Å². The summed E-state index contributed by atoms with van der Waals surface area (Å²) in [6.45, 7) is -0.367. The van der Waals surface area contributed by atoms with Crippen LogP contribution in [0.25, 0.3) is 22.4 Å². The van der Waals surface area contributed by atoms with Gasteiger partial charge in [-0.15, -0.1) is 0 Å². The average Bonchev–Trinajstić information content (AvgIpc) is 3.24. The van der Waals surface area contributed by atoms with Crippen LogP contribution in [0.4, 0.5) is 0 Å². The van der Waals surface area contributed by atoms with E-state index in [4.69, 9.17) is 9.47 Å². The highest BCUT2D eigenvalue weighted by molar-refractivity contribution is 5.80. The first-order valence-corrected chi connectivity index (χ1v) is 8.34. The molecule has 0 radical (unpaired) electrons. The molecule has 3 aromatic rings. The van der Waals surface area contributed by atoms with E-state index in [0.717, 1.165) is 0 Å². The number of nitrogens with one attached hydrogen (secondary N) is 2. The molecule has 2 aromatic heterocycles. The molecule has 4 N–H and O–H groups in total. The first kappa shape index (κ1) is 17.5. The van der Waals surface area contributed by atoms with Gasteiger partial charge < -0.3 is 24.7 Å². The standard InChI is InChI=1S/C17H18N4O6/c1-26-8-2-3-10-11(4-8)19-15(18-10)9-6-21(17(25)20-16(9)24)14-5-12(23)13(7-22)27-14/h2-4,6,12-14,22-23H,5,7H2,1H3,(H,18,19)(H,20,24,25). The van der Waals surface area contributed by atoms with Crippen molar-refractivity contribution in [1.29, 1.82) is 0 Å². The number of methoxy groups -OCH3 is 1. The lowest BCUT2D eigenvalue weighted by Gasteiger charge is -2.14. The summed E-state index contributed by atoms with van der Waals surface area (Å²) in [6.07, 6.45) is -1.03. The summed E-state index contributed by atoms with van der Waals surface area (Å²) in [5.41, 5.74) is 0.192. The fourth-order valence-electron chi connectivity index (χ4n) is 3.16. The van der Waals surface area contributed by atoms with Crippen LogP contribution in [-0.4, -0.2) is 55.7 Å². The van der Waals surface area contributed by atoms with E-state index in [2.05, 4.69) is 15.0 Å². The van der Waals surface area contributed by atoms with E-state index in [1.54, 1.807) is 25.3 Å². The van der Waals surface area contributed by atoms with Crippen LogP contribution in [0, 0.1) is 0 Å². The molecule has 1 fully saturated rings. The quantitative estimate of drug-likeness (QED) is 0.492. The molecule has 142 valence electrons. The Morgan fingerprint density at radius 1 is 1.37 bits per heavy atom. The third kappa shape index (κ3) is 3.03. The second kappa shape index (κ2) is 6.65. The summed E-state index contributed by atoms with van der Waals surface area (Å²) in [7, 11) is 1.55. The van der Waals surface area contributed by atoms with Crippen LogP contribution < -0.4 is 16.0 Å². The van der Waals surface area contributed by atoms with Crippen LogP contribution in [-0.2, 0) is 4.74 Å². The minimum atomic E-state index is -0.902. The molecule has 1 aromatic carbocycles. The number of benzene rings is 1. The highest BCUT2D eigenvalue weighted by Crippen LogP contribution is 2.28. The van der Waals surface area contributed by atoms with Crippen molar-refractivity contribution in [3.63, 3.8) is 0 Å². The van der Waals surface area contributed by atoms with Crippen molar-refractivity contribution in [2.24, 2.45) is 0 Å². The average molecular weight is 374 g/mol. The molecule has 0 aliphatic carbocycles. The number of rotatable bonds is 4. The van der Waals surface area contributed by atoms with Gasteiger partial charge >= 0.3 is 5.69 Å². The molecule has 1 aliphatic rings. The molecular formula is C17H18N4O6. The largest absolute Gasteiger partial charge is 0.497 e. The summed E-state index contributed by atoms with van der Waals surface area (Å²) in [5, 5.41) is 19.1. The smallest absolute Gasteiger partial charge is 0.330 e. The Morgan fingerprint density at radius 2 is 2.19 bits per heavy atom. The zero-order chi connectivity index (χ0) is 19.1. The molecule has 10 heteroatoms. The normalized spacial score (nSPS) is 22.4. The molecule has 10 nitrogen and oxygen atoms in total. The first-order chi connectivity index (χ1) is 13.0. The van der Waals surface area contributed by atoms with Crippen molar-refractivity contribution in [3.05, 3.63) is 45.2 Å². The van der Waals surface area contributed by atoms with Gasteiger partial charge in [-0.1, -0.05) is 0 Å². The molecular weight excluding hydrogens is 356 g/mol. The lowest BCUT2D eigenvalue weighted by molar-refractivity contribution is -0.0458. The number of aliphatic hydroxyl groups excluding tert-OH is 2.